The van der Waals surface area contributed by atoms with Crippen LogP contribution in [0.25, 0.3) is 22.9 Å². The number of amides is 2. The highest BCUT2D eigenvalue weighted by Crippen LogP contribution is 2.26. The molecule has 0 saturated heterocycles. The molecule has 2 heterocycles. The second kappa shape index (κ2) is 10.1. The van der Waals surface area contributed by atoms with E-state index < -0.39 is 0 Å². The smallest absolute Gasteiger partial charge is 0.291 e. The van der Waals surface area contributed by atoms with Crippen molar-refractivity contribution in [2.45, 2.75) is 13.5 Å². The Morgan fingerprint density at radius 1 is 0.806 bits per heavy atom. The summed E-state index contributed by atoms with van der Waals surface area (Å²) >= 11 is 0. The molecule has 0 fully saturated rings. The second-order valence-corrected chi connectivity index (χ2v) is 8.12. The first-order valence-corrected chi connectivity index (χ1v) is 11.3. The lowest BCUT2D eigenvalue weighted by Crippen LogP contribution is -2.22. The van der Waals surface area contributed by atoms with Crippen LogP contribution in [0.5, 0.6) is 0 Å². The van der Waals surface area contributed by atoms with Gasteiger partial charge < -0.3 is 19.5 Å². The number of benzene rings is 3. The molecule has 2 amide bonds. The fourth-order valence-corrected chi connectivity index (χ4v) is 3.62. The van der Waals surface area contributed by atoms with Crippen LogP contribution in [-0.2, 0) is 6.54 Å². The summed E-state index contributed by atoms with van der Waals surface area (Å²) in [5, 5.41) is 14.0. The molecule has 3 aromatic carbocycles. The average Bonchev–Trinajstić information content (AvgIpc) is 3.62. The summed E-state index contributed by atoms with van der Waals surface area (Å²) in [6, 6.07) is 25.3. The predicted octanol–water partition coefficient (Wildman–Crippen LogP) is 5.49. The lowest BCUT2D eigenvalue weighted by atomic mass is 10.1. The fraction of sp³-hybridized carbons (Fsp3) is 0.0714. The van der Waals surface area contributed by atoms with Crippen LogP contribution in [0.2, 0.25) is 0 Å². The summed E-state index contributed by atoms with van der Waals surface area (Å²) in [6.07, 6.45) is 1.45. The molecule has 178 valence electrons. The Balaban J connectivity index is 1.17. The molecule has 2 N–H and O–H groups in total. The Hall–Kier alpha value is -4.98. The van der Waals surface area contributed by atoms with E-state index in [1.165, 1.54) is 6.26 Å². The quantitative estimate of drug-likeness (QED) is 0.320. The monoisotopic (exact) mass is 478 g/mol. The maximum atomic E-state index is 12.6. The number of hydrogen-bond donors (Lipinski definition) is 2. The third kappa shape index (κ3) is 5.07. The number of carbonyl (C=O) groups is 2. The molecule has 0 radical (unpaired) electrons. The van der Waals surface area contributed by atoms with Crippen molar-refractivity contribution in [3.8, 4) is 22.9 Å². The highest BCUT2D eigenvalue weighted by molar-refractivity contribution is 6.02. The van der Waals surface area contributed by atoms with Crippen molar-refractivity contribution in [2.24, 2.45) is 0 Å². The SMILES string of the molecule is Cc1ccccc1-c1nnc(-c2ccc(C(=O)NCc3ccc(NC(=O)c4ccco4)cc3)cc2)o1. The van der Waals surface area contributed by atoms with Crippen LogP contribution in [0.3, 0.4) is 0 Å². The molecule has 0 aliphatic heterocycles. The number of nitrogens with zero attached hydrogens (tertiary/aromatic N) is 2. The van der Waals surface area contributed by atoms with Crippen molar-refractivity contribution in [1.29, 1.82) is 0 Å². The van der Waals surface area contributed by atoms with Gasteiger partial charge in [0.05, 0.1) is 6.26 Å². The van der Waals surface area contributed by atoms with Gasteiger partial charge >= 0.3 is 0 Å². The molecule has 0 aliphatic rings. The van der Waals surface area contributed by atoms with Gasteiger partial charge in [-0.05, 0) is 72.6 Å². The van der Waals surface area contributed by atoms with Crippen molar-refractivity contribution in [3.05, 3.63) is 114 Å². The van der Waals surface area contributed by atoms with Gasteiger partial charge in [-0.15, -0.1) is 10.2 Å². The standard InChI is InChI=1S/C28H22N4O4/c1-18-5-2-3-6-23(18)28-32-31-27(36-28)21-12-10-20(11-13-21)25(33)29-17-19-8-14-22(15-9-19)30-26(34)24-7-4-16-35-24/h2-16H,17H2,1H3,(H,29,33)(H,30,34). The number of rotatable bonds is 7. The number of aryl methyl sites for hydroxylation is 1. The van der Waals surface area contributed by atoms with E-state index in [1.807, 2.05) is 43.3 Å². The first kappa shape index (κ1) is 22.8. The number of anilines is 1. The van der Waals surface area contributed by atoms with Crippen molar-refractivity contribution in [3.63, 3.8) is 0 Å². The Bertz CT molecular complexity index is 1490. The molecule has 0 bridgehead atoms. The third-order valence-corrected chi connectivity index (χ3v) is 5.60. The molecule has 0 spiro atoms. The number of furan rings is 1. The topological polar surface area (TPSA) is 110 Å². The number of aromatic nitrogens is 2. The fourth-order valence-electron chi connectivity index (χ4n) is 3.62. The summed E-state index contributed by atoms with van der Waals surface area (Å²) in [5.74, 6) is 0.554. The molecule has 8 nitrogen and oxygen atoms in total. The number of nitrogens with one attached hydrogen (secondary N) is 2. The average molecular weight is 479 g/mol. The maximum Gasteiger partial charge on any atom is 0.291 e. The molecule has 0 atom stereocenters. The van der Waals surface area contributed by atoms with Gasteiger partial charge in [-0.1, -0.05) is 30.3 Å². The second-order valence-electron chi connectivity index (χ2n) is 8.12. The predicted molar refractivity (Wildman–Crippen MR) is 134 cm³/mol. The number of carbonyl (C=O) groups excluding carboxylic acids is 2. The largest absolute Gasteiger partial charge is 0.459 e. The zero-order valence-corrected chi connectivity index (χ0v) is 19.4. The summed E-state index contributed by atoms with van der Waals surface area (Å²) in [4.78, 5) is 24.7. The van der Waals surface area contributed by atoms with Gasteiger partial charge in [0.15, 0.2) is 5.76 Å². The molecular weight excluding hydrogens is 456 g/mol. The van der Waals surface area contributed by atoms with Gasteiger partial charge in [0.1, 0.15) is 0 Å². The van der Waals surface area contributed by atoms with Crippen molar-refractivity contribution < 1.29 is 18.4 Å². The molecule has 8 heteroatoms. The normalized spacial score (nSPS) is 10.7. The van der Waals surface area contributed by atoms with E-state index in [0.29, 0.717) is 29.6 Å². The van der Waals surface area contributed by atoms with E-state index in [2.05, 4.69) is 20.8 Å². The lowest BCUT2D eigenvalue weighted by molar-refractivity contribution is 0.0949. The summed E-state index contributed by atoms with van der Waals surface area (Å²) in [6.45, 7) is 2.33. The lowest BCUT2D eigenvalue weighted by Gasteiger charge is -2.08. The van der Waals surface area contributed by atoms with Crippen LogP contribution in [0, 0.1) is 6.92 Å². The van der Waals surface area contributed by atoms with Crippen LogP contribution >= 0.6 is 0 Å². The molecule has 2 aromatic heterocycles. The Kier molecular flexibility index (Phi) is 6.40. The van der Waals surface area contributed by atoms with Crippen molar-refractivity contribution in [1.82, 2.24) is 15.5 Å². The van der Waals surface area contributed by atoms with Crippen molar-refractivity contribution in [2.75, 3.05) is 5.32 Å². The zero-order valence-electron chi connectivity index (χ0n) is 19.4. The van der Waals surface area contributed by atoms with E-state index in [4.69, 9.17) is 8.83 Å². The first-order chi connectivity index (χ1) is 17.6. The van der Waals surface area contributed by atoms with Crippen molar-refractivity contribution >= 4 is 17.5 Å². The van der Waals surface area contributed by atoms with Gasteiger partial charge in [-0.2, -0.15) is 0 Å². The van der Waals surface area contributed by atoms with E-state index >= 15 is 0 Å². The minimum absolute atomic E-state index is 0.206. The molecule has 36 heavy (non-hydrogen) atoms. The Labute approximate surface area is 207 Å². The van der Waals surface area contributed by atoms with Gasteiger partial charge in [0.2, 0.25) is 11.8 Å². The molecule has 5 aromatic rings. The minimum Gasteiger partial charge on any atom is -0.459 e. The van der Waals surface area contributed by atoms with Crippen LogP contribution in [0.4, 0.5) is 5.69 Å². The Morgan fingerprint density at radius 2 is 1.56 bits per heavy atom. The molecule has 5 rings (SSSR count). The minimum atomic E-state index is -0.323. The van der Waals surface area contributed by atoms with Gasteiger partial charge in [-0.3, -0.25) is 9.59 Å². The van der Waals surface area contributed by atoms with Gasteiger partial charge in [0, 0.05) is 28.9 Å². The molecule has 0 aliphatic carbocycles. The zero-order chi connectivity index (χ0) is 24.9. The summed E-state index contributed by atoms with van der Waals surface area (Å²) in [5.41, 5.74) is 4.71. The van der Waals surface area contributed by atoms with E-state index in [9.17, 15) is 9.59 Å². The summed E-state index contributed by atoms with van der Waals surface area (Å²) in [7, 11) is 0. The van der Waals surface area contributed by atoms with Crippen LogP contribution in [0.15, 0.2) is 100 Å². The highest BCUT2D eigenvalue weighted by atomic mass is 16.4. The van der Waals surface area contributed by atoms with E-state index in [-0.39, 0.29) is 17.6 Å². The molecule has 0 saturated carbocycles. The summed E-state index contributed by atoms with van der Waals surface area (Å²) < 4.78 is 10.9. The third-order valence-electron chi connectivity index (χ3n) is 5.60. The molecule has 0 unspecified atom stereocenters. The van der Waals surface area contributed by atoms with Crippen LogP contribution in [0.1, 0.15) is 32.0 Å². The Morgan fingerprint density at radius 3 is 2.28 bits per heavy atom. The van der Waals surface area contributed by atoms with E-state index in [0.717, 1.165) is 22.3 Å². The van der Waals surface area contributed by atoms with Crippen LogP contribution < -0.4 is 10.6 Å². The van der Waals surface area contributed by atoms with Crippen LogP contribution in [-0.4, -0.2) is 22.0 Å². The first-order valence-electron chi connectivity index (χ1n) is 11.3. The highest BCUT2D eigenvalue weighted by Gasteiger charge is 2.13. The van der Waals surface area contributed by atoms with Gasteiger partial charge in [0.25, 0.3) is 11.8 Å². The molecular formula is C28H22N4O4. The van der Waals surface area contributed by atoms with Gasteiger partial charge in [-0.25, -0.2) is 0 Å². The maximum absolute atomic E-state index is 12.6. The number of hydrogen-bond acceptors (Lipinski definition) is 6. The van der Waals surface area contributed by atoms with E-state index in [1.54, 1.807) is 48.5 Å².